The van der Waals surface area contributed by atoms with Crippen LogP contribution in [-0.4, -0.2) is 0 Å². The summed E-state index contributed by atoms with van der Waals surface area (Å²) in [6.07, 6.45) is 2.06. The second-order valence-electron chi connectivity index (χ2n) is 4.94. The molecule has 2 N–H and O–H groups in total. The van der Waals surface area contributed by atoms with Crippen molar-refractivity contribution in [3.63, 3.8) is 0 Å². The van der Waals surface area contributed by atoms with E-state index >= 15 is 0 Å². The minimum Gasteiger partial charge on any atom is -0.319 e. The highest BCUT2D eigenvalue weighted by Gasteiger charge is 2.19. The average Bonchev–Trinajstić information content (AvgIpc) is 2.47. The Morgan fingerprint density at radius 2 is 1.80 bits per heavy atom. The van der Waals surface area contributed by atoms with Crippen LogP contribution < -0.4 is 10.3 Å². The normalized spacial score (nSPS) is 12.6. The molecule has 0 aliphatic rings. The largest absolute Gasteiger partial charge is 0.319 e. The Bertz CT molecular complexity index is 752. The van der Waals surface area contributed by atoms with Crippen LogP contribution in [0.1, 0.15) is 18.7 Å². The monoisotopic (exact) mass is 283 g/mol. The van der Waals surface area contributed by atoms with Gasteiger partial charge >= 0.3 is 0 Å². The van der Waals surface area contributed by atoms with Crippen molar-refractivity contribution in [3.05, 3.63) is 71.5 Å². The Morgan fingerprint density at radius 1 is 1.05 bits per heavy atom. The quantitative estimate of drug-likeness (QED) is 0.713. The fourth-order valence-electron chi connectivity index (χ4n) is 2.41. The van der Waals surface area contributed by atoms with Crippen molar-refractivity contribution in [2.75, 3.05) is 0 Å². The zero-order valence-corrected chi connectivity index (χ0v) is 12.0. The molecule has 0 amide bonds. The van der Waals surface area contributed by atoms with E-state index in [0.717, 1.165) is 27.2 Å². The molecule has 0 aliphatic carbocycles. The number of fused-ring (bicyclic) bond motifs is 1. The van der Waals surface area contributed by atoms with E-state index in [4.69, 9.17) is 17.3 Å². The van der Waals surface area contributed by atoms with Crippen LogP contribution in [-0.2, 0) is 0 Å². The van der Waals surface area contributed by atoms with Gasteiger partial charge in [-0.2, -0.15) is 4.57 Å². The summed E-state index contributed by atoms with van der Waals surface area (Å²) >= 11 is 6.30. The molecule has 0 bridgehead atoms. The molecule has 2 nitrogen and oxygen atoms in total. The van der Waals surface area contributed by atoms with Crippen molar-refractivity contribution in [2.45, 2.75) is 13.0 Å². The highest BCUT2D eigenvalue weighted by molar-refractivity contribution is 6.35. The molecule has 1 atom stereocenters. The van der Waals surface area contributed by atoms with Crippen molar-refractivity contribution in [1.82, 2.24) is 0 Å². The topological polar surface area (TPSA) is 29.9 Å². The molecule has 1 unspecified atom stereocenters. The minimum absolute atomic E-state index is 0.0569. The lowest BCUT2D eigenvalue weighted by Gasteiger charge is -2.09. The predicted molar refractivity (Wildman–Crippen MR) is 83.1 cm³/mol. The number of hydrogen-bond donors (Lipinski definition) is 1. The minimum atomic E-state index is -0.0569. The molecular weight excluding hydrogens is 268 g/mol. The molecule has 100 valence electrons. The lowest BCUT2D eigenvalue weighted by molar-refractivity contribution is -0.604. The van der Waals surface area contributed by atoms with Crippen LogP contribution in [0.5, 0.6) is 0 Å². The maximum atomic E-state index is 6.30. The van der Waals surface area contributed by atoms with E-state index in [1.54, 1.807) is 0 Å². The van der Waals surface area contributed by atoms with Crippen LogP contribution in [0.2, 0.25) is 5.02 Å². The van der Waals surface area contributed by atoms with Crippen LogP contribution in [0.25, 0.3) is 16.5 Å². The van der Waals surface area contributed by atoms with E-state index in [1.807, 2.05) is 37.3 Å². The molecule has 0 fully saturated rings. The number of rotatable bonds is 2. The standard InChI is InChI=1S/C17H16ClN2/c1-12(19)17-10-13-6-5-9-16(18)15(13)11-20(17)14-7-3-2-4-8-14/h2-12H,19H2,1H3/q+1. The molecule has 3 heteroatoms. The maximum absolute atomic E-state index is 6.30. The first-order chi connectivity index (χ1) is 9.66. The summed E-state index contributed by atoms with van der Waals surface area (Å²) < 4.78 is 2.11. The third-order valence-electron chi connectivity index (χ3n) is 3.43. The van der Waals surface area contributed by atoms with Gasteiger partial charge in [-0.25, -0.2) is 0 Å². The Balaban J connectivity index is 2.34. The van der Waals surface area contributed by atoms with Gasteiger partial charge in [0, 0.05) is 18.2 Å². The van der Waals surface area contributed by atoms with Crippen LogP contribution >= 0.6 is 11.6 Å². The van der Waals surface area contributed by atoms with Crippen molar-refractivity contribution < 1.29 is 4.57 Å². The smallest absolute Gasteiger partial charge is 0.210 e. The number of pyridine rings is 1. The van der Waals surface area contributed by atoms with E-state index in [9.17, 15) is 0 Å². The molecular formula is C17H16ClN2+. The SMILES string of the molecule is CC(N)c1cc2cccc(Cl)c2c[n+]1-c1ccccc1. The van der Waals surface area contributed by atoms with Crippen LogP contribution in [0, 0.1) is 0 Å². The number of para-hydroxylation sites is 1. The van der Waals surface area contributed by atoms with Gasteiger partial charge in [0.2, 0.25) is 11.4 Å². The Morgan fingerprint density at radius 3 is 2.50 bits per heavy atom. The fourth-order valence-corrected chi connectivity index (χ4v) is 2.64. The molecule has 1 aromatic heterocycles. The molecule has 0 spiro atoms. The first-order valence-electron chi connectivity index (χ1n) is 6.61. The van der Waals surface area contributed by atoms with Gasteiger partial charge in [-0.1, -0.05) is 41.9 Å². The van der Waals surface area contributed by atoms with Crippen LogP contribution in [0.4, 0.5) is 0 Å². The molecule has 3 rings (SSSR count). The zero-order chi connectivity index (χ0) is 14.1. The van der Waals surface area contributed by atoms with Crippen molar-refractivity contribution in [2.24, 2.45) is 5.73 Å². The second kappa shape index (κ2) is 5.23. The van der Waals surface area contributed by atoms with Gasteiger partial charge in [0.1, 0.15) is 0 Å². The molecule has 0 aliphatic heterocycles. The summed E-state index contributed by atoms with van der Waals surface area (Å²) in [4.78, 5) is 0. The van der Waals surface area contributed by atoms with Gasteiger partial charge in [0.15, 0.2) is 6.20 Å². The summed E-state index contributed by atoms with van der Waals surface area (Å²) in [6.45, 7) is 1.99. The summed E-state index contributed by atoms with van der Waals surface area (Å²) in [5.41, 5.74) is 8.27. The molecule has 0 radical (unpaired) electrons. The van der Waals surface area contributed by atoms with Gasteiger partial charge in [0.25, 0.3) is 0 Å². The summed E-state index contributed by atoms with van der Waals surface area (Å²) in [5, 5.41) is 2.89. The Labute approximate surface area is 123 Å². The molecule has 0 saturated heterocycles. The first-order valence-corrected chi connectivity index (χ1v) is 6.99. The third-order valence-corrected chi connectivity index (χ3v) is 3.76. The number of halogens is 1. The van der Waals surface area contributed by atoms with Gasteiger partial charge in [-0.05, 0) is 18.4 Å². The third kappa shape index (κ3) is 2.28. The lowest BCUT2D eigenvalue weighted by Crippen LogP contribution is -2.38. The van der Waals surface area contributed by atoms with Crippen molar-refractivity contribution in [1.29, 1.82) is 0 Å². The molecule has 2 aromatic carbocycles. The number of benzene rings is 2. The fraction of sp³-hybridized carbons (Fsp3) is 0.118. The molecule has 3 aromatic rings. The van der Waals surface area contributed by atoms with Crippen molar-refractivity contribution in [3.8, 4) is 5.69 Å². The number of aromatic nitrogens is 1. The first kappa shape index (κ1) is 13.1. The average molecular weight is 284 g/mol. The summed E-state index contributed by atoms with van der Waals surface area (Å²) in [7, 11) is 0. The Hall–Kier alpha value is -1.90. The van der Waals surface area contributed by atoms with Gasteiger partial charge in [-0.15, -0.1) is 0 Å². The highest BCUT2D eigenvalue weighted by atomic mass is 35.5. The van der Waals surface area contributed by atoms with Gasteiger partial charge < -0.3 is 5.73 Å². The number of nitrogens with zero attached hydrogens (tertiary/aromatic N) is 1. The molecule has 20 heavy (non-hydrogen) atoms. The Kier molecular flexibility index (Phi) is 3.43. The van der Waals surface area contributed by atoms with E-state index in [-0.39, 0.29) is 6.04 Å². The van der Waals surface area contributed by atoms with E-state index in [1.165, 1.54) is 0 Å². The van der Waals surface area contributed by atoms with E-state index in [2.05, 4.69) is 35.0 Å². The second-order valence-corrected chi connectivity index (χ2v) is 5.34. The zero-order valence-electron chi connectivity index (χ0n) is 11.3. The molecule has 1 heterocycles. The lowest BCUT2D eigenvalue weighted by atomic mass is 10.1. The summed E-state index contributed by atoms with van der Waals surface area (Å²) in [5.74, 6) is 0. The van der Waals surface area contributed by atoms with E-state index < -0.39 is 0 Å². The molecule has 0 saturated carbocycles. The van der Waals surface area contributed by atoms with Crippen molar-refractivity contribution >= 4 is 22.4 Å². The van der Waals surface area contributed by atoms with Gasteiger partial charge in [0.05, 0.1) is 16.5 Å². The van der Waals surface area contributed by atoms with Crippen LogP contribution in [0.15, 0.2) is 60.8 Å². The maximum Gasteiger partial charge on any atom is 0.210 e. The number of nitrogens with two attached hydrogens (primary N) is 1. The van der Waals surface area contributed by atoms with Crippen LogP contribution in [0.3, 0.4) is 0 Å². The van der Waals surface area contributed by atoms with E-state index in [0.29, 0.717) is 0 Å². The predicted octanol–water partition coefficient (Wildman–Crippen LogP) is 3.79. The highest BCUT2D eigenvalue weighted by Crippen LogP contribution is 2.24. The van der Waals surface area contributed by atoms with Gasteiger partial charge in [-0.3, -0.25) is 0 Å². The number of hydrogen-bond acceptors (Lipinski definition) is 1. The summed E-state index contributed by atoms with van der Waals surface area (Å²) in [6, 6.07) is 18.1.